The molecular weight excluding hydrogens is 378 g/mol. The van der Waals surface area contributed by atoms with Gasteiger partial charge in [0.25, 0.3) is 5.91 Å². The zero-order valence-corrected chi connectivity index (χ0v) is 16.7. The minimum atomic E-state index is -3.62. The standard InChI is InChI=1S/C21H19NO3S2/c1-14-7-9-17(10-8-14)27(24,25)20-12-11-19(26-20)21(23)22-15(2)13-16-5-3-4-6-18(16)22/h3-12,15H,13H2,1-2H3. The first-order valence-electron chi connectivity index (χ1n) is 8.71. The quantitative estimate of drug-likeness (QED) is 0.655. The van der Waals surface area contributed by atoms with E-state index in [1.807, 2.05) is 38.1 Å². The van der Waals surface area contributed by atoms with Crippen LogP contribution in [0.15, 0.2) is 69.8 Å². The number of thiophene rings is 1. The normalized spacial score (nSPS) is 16.4. The number of amides is 1. The molecular formula is C21H19NO3S2. The van der Waals surface area contributed by atoms with Crippen LogP contribution in [-0.2, 0) is 16.3 Å². The molecule has 0 saturated heterocycles. The van der Waals surface area contributed by atoms with Gasteiger partial charge in [0.2, 0.25) is 9.84 Å². The molecule has 2 aromatic carbocycles. The van der Waals surface area contributed by atoms with Crippen LogP contribution in [0.2, 0.25) is 0 Å². The smallest absolute Gasteiger partial charge is 0.268 e. The molecule has 0 N–H and O–H groups in total. The second-order valence-corrected chi connectivity index (χ2v) is 10.1. The highest BCUT2D eigenvalue weighted by Crippen LogP contribution is 2.35. The topological polar surface area (TPSA) is 54.5 Å². The summed E-state index contributed by atoms with van der Waals surface area (Å²) in [5, 5.41) is 0. The third kappa shape index (κ3) is 3.09. The zero-order valence-electron chi connectivity index (χ0n) is 15.0. The van der Waals surface area contributed by atoms with Gasteiger partial charge in [-0.05, 0) is 56.2 Å². The van der Waals surface area contributed by atoms with Gasteiger partial charge in [0.15, 0.2) is 0 Å². The van der Waals surface area contributed by atoms with E-state index in [1.54, 1.807) is 35.2 Å². The van der Waals surface area contributed by atoms with E-state index in [9.17, 15) is 13.2 Å². The van der Waals surface area contributed by atoms with Crippen LogP contribution in [0, 0.1) is 6.92 Å². The van der Waals surface area contributed by atoms with Crippen LogP contribution in [0.5, 0.6) is 0 Å². The first-order chi connectivity index (χ1) is 12.9. The Morgan fingerprint density at radius 3 is 2.48 bits per heavy atom. The van der Waals surface area contributed by atoms with Crippen LogP contribution in [0.1, 0.15) is 27.7 Å². The second-order valence-electron chi connectivity index (χ2n) is 6.79. The van der Waals surface area contributed by atoms with Crippen molar-refractivity contribution in [3.05, 3.63) is 76.7 Å². The number of fused-ring (bicyclic) bond motifs is 1. The number of anilines is 1. The van der Waals surface area contributed by atoms with Crippen molar-refractivity contribution in [2.75, 3.05) is 4.90 Å². The van der Waals surface area contributed by atoms with E-state index in [4.69, 9.17) is 0 Å². The fraction of sp³-hybridized carbons (Fsp3) is 0.190. The average Bonchev–Trinajstić information content (AvgIpc) is 3.26. The fourth-order valence-corrected chi connectivity index (χ4v) is 6.05. The van der Waals surface area contributed by atoms with E-state index in [0.29, 0.717) is 4.88 Å². The molecule has 2 heterocycles. The summed E-state index contributed by atoms with van der Waals surface area (Å²) in [5.41, 5.74) is 3.05. The van der Waals surface area contributed by atoms with Crippen LogP contribution in [0.25, 0.3) is 0 Å². The van der Waals surface area contributed by atoms with Crippen LogP contribution < -0.4 is 4.90 Å². The molecule has 1 aromatic heterocycles. The number of carbonyl (C=O) groups excluding carboxylic acids is 1. The van der Waals surface area contributed by atoms with Crippen molar-refractivity contribution < 1.29 is 13.2 Å². The van der Waals surface area contributed by atoms with Gasteiger partial charge in [0, 0.05) is 11.7 Å². The fourth-order valence-electron chi connectivity index (χ4n) is 3.41. The maximum atomic E-state index is 13.1. The van der Waals surface area contributed by atoms with Crippen molar-refractivity contribution in [1.29, 1.82) is 0 Å². The minimum absolute atomic E-state index is 0.0501. The summed E-state index contributed by atoms with van der Waals surface area (Å²) in [5.74, 6) is -0.150. The molecule has 0 saturated carbocycles. The third-order valence-corrected chi connectivity index (χ3v) is 8.15. The predicted molar refractivity (Wildman–Crippen MR) is 107 cm³/mol. The van der Waals surface area contributed by atoms with Gasteiger partial charge in [-0.2, -0.15) is 0 Å². The molecule has 1 unspecified atom stereocenters. The average molecular weight is 398 g/mol. The van der Waals surface area contributed by atoms with Crippen molar-refractivity contribution >= 4 is 32.8 Å². The van der Waals surface area contributed by atoms with Crippen molar-refractivity contribution in [3.8, 4) is 0 Å². The largest absolute Gasteiger partial charge is 0.304 e. The van der Waals surface area contributed by atoms with Crippen LogP contribution in [0.3, 0.4) is 0 Å². The molecule has 4 nitrogen and oxygen atoms in total. The maximum Gasteiger partial charge on any atom is 0.268 e. The molecule has 1 amide bonds. The predicted octanol–water partition coefficient (Wildman–Crippen LogP) is 4.48. The second kappa shape index (κ2) is 6.62. The molecule has 1 aliphatic rings. The molecule has 0 bridgehead atoms. The van der Waals surface area contributed by atoms with Crippen LogP contribution in [0.4, 0.5) is 5.69 Å². The number of sulfone groups is 1. The molecule has 4 rings (SSSR count). The van der Waals surface area contributed by atoms with Gasteiger partial charge in [-0.25, -0.2) is 8.42 Å². The van der Waals surface area contributed by atoms with Crippen molar-refractivity contribution in [2.24, 2.45) is 0 Å². The van der Waals surface area contributed by atoms with E-state index in [2.05, 4.69) is 0 Å². The van der Waals surface area contributed by atoms with Gasteiger partial charge in [-0.3, -0.25) is 4.79 Å². The molecule has 0 aliphatic carbocycles. The molecule has 0 radical (unpaired) electrons. The van der Waals surface area contributed by atoms with E-state index >= 15 is 0 Å². The number of hydrogen-bond donors (Lipinski definition) is 0. The van der Waals surface area contributed by atoms with E-state index in [-0.39, 0.29) is 21.1 Å². The van der Waals surface area contributed by atoms with Crippen LogP contribution >= 0.6 is 11.3 Å². The Morgan fingerprint density at radius 2 is 1.74 bits per heavy atom. The summed E-state index contributed by atoms with van der Waals surface area (Å²) in [6.45, 7) is 3.92. The SMILES string of the molecule is Cc1ccc(S(=O)(=O)c2ccc(C(=O)N3c4ccccc4CC3C)s2)cc1. The van der Waals surface area contributed by atoms with Gasteiger partial charge in [0.1, 0.15) is 4.21 Å². The lowest BCUT2D eigenvalue weighted by molar-refractivity contribution is 0.0985. The van der Waals surface area contributed by atoms with Gasteiger partial charge in [0.05, 0.1) is 9.77 Å². The number of rotatable bonds is 3. The third-order valence-electron chi connectivity index (χ3n) is 4.81. The summed E-state index contributed by atoms with van der Waals surface area (Å²) >= 11 is 1.03. The van der Waals surface area contributed by atoms with Crippen LogP contribution in [-0.4, -0.2) is 20.4 Å². The molecule has 6 heteroatoms. The first-order valence-corrected chi connectivity index (χ1v) is 11.0. The summed E-state index contributed by atoms with van der Waals surface area (Å²) < 4.78 is 25.9. The Morgan fingerprint density at radius 1 is 1.04 bits per heavy atom. The van der Waals surface area contributed by atoms with E-state index < -0.39 is 9.84 Å². The summed E-state index contributed by atoms with van der Waals surface area (Å²) in [6, 6.07) is 17.8. The Kier molecular flexibility index (Phi) is 4.40. The van der Waals surface area contributed by atoms with Gasteiger partial charge in [-0.1, -0.05) is 35.9 Å². The summed E-state index contributed by atoms with van der Waals surface area (Å²) in [6.07, 6.45) is 0.807. The number of hydrogen-bond acceptors (Lipinski definition) is 4. The van der Waals surface area contributed by atoms with Crippen molar-refractivity contribution in [2.45, 2.75) is 35.4 Å². The first kappa shape index (κ1) is 17.9. The van der Waals surface area contributed by atoms with E-state index in [0.717, 1.165) is 34.6 Å². The highest BCUT2D eigenvalue weighted by molar-refractivity contribution is 7.93. The molecule has 0 fully saturated rings. The lowest BCUT2D eigenvalue weighted by atomic mass is 10.1. The molecule has 0 spiro atoms. The Labute approximate surface area is 163 Å². The van der Waals surface area contributed by atoms with Gasteiger partial charge >= 0.3 is 0 Å². The van der Waals surface area contributed by atoms with E-state index in [1.165, 1.54) is 6.07 Å². The Hall–Kier alpha value is -2.44. The number of nitrogens with zero attached hydrogens (tertiary/aromatic N) is 1. The Balaban J connectivity index is 1.67. The summed E-state index contributed by atoms with van der Waals surface area (Å²) in [4.78, 5) is 15.5. The monoisotopic (exact) mass is 397 g/mol. The molecule has 138 valence electrons. The number of benzene rings is 2. The highest BCUT2D eigenvalue weighted by Gasteiger charge is 2.32. The lowest BCUT2D eigenvalue weighted by Gasteiger charge is -2.21. The number of aryl methyl sites for hydroxylation is 1. The molecule has 1 aliphatic heterocycles. The number of carbonyl (C=O) groups is 1. The van der Waals surface area contributed by atoms with Crippen molar-refractivity contribution in [3.63, 3.8) is 0 Å². The minimum Gasteiger partial charge on any atom is -0.304 e. The number of para-hydroxylation sites is 1. The summed E-state index contributed by atoms with van der Waals surface area (Å²) in [7, 11) is -3.62. The van der Waals surface area contributed by atoms with Gasteiger partial charge < -0.3 is 4.90 Å². The van der Waals surface area contributed by atoms with Crippen molar-refractivity contribution in [1.82, 2.24) is 0 Å². The zero-order chi connectivity index (χ0) is 19.2. The van der Waals surface area contributed by atoms with Gasteiger partial charge in [-0.15, -0.1) is 11.3 Å². The molecule has 1 atom stereocenters. The Bertz CT molecular complexity index is 1110. The maximum absolute atomic E-state index is 13.1. The molecule has 27 heavy (non-hydrogen) atoms. The highest BCUT2D eigenvalue weighted by atomic mass is 32.2. The molecule has 3 aromatic rings. The lowest BCUT2D eigenvalue weighted by Crippen LogP contribution is -2.35.